The van der Waals surface area contributed by atoms with E-state index in [0.29, 0.717) is 16.0 Å². The molecule has 3 rings (SSSR count). The second-order valence-corrected chi connectivity index (χ2v) is 6.85. The van der Waals surface area contributed by atoms with Crippen LogP contribution in [0.15, 0.2) is 47.5 Å². The van der Waals surface area contributed by atoms with Gasteiger partial charge in [-0.2, -0.15) is 0 Å². The van der Waals surface area contributed by atoms with Crippen molar-refractivity contribution in [2.75, 3.05) is 19.6 Å². The summed E-state index contributed by atoms with van der Waals surface area (Å²) < 4.78 is 2.16. The minimum atomic E-state index is 0.576. The lowest BCUT2D eigenvalue weighted by Crippen LogP contribution is -2.26. The Morgan fingerprint density at radius 3 is 2.62 bits per heavy atom. The Morgan fingerprint density at radius 2 is 1.88 bits per heavy atom. The Labute approximate surface area is 164 Å². The van der Waals surface area contributed by atoms with Gasteiger partial charge in [-0.05, 0) is 37.4 Å². The Hall–Kier alpha value is -1.88. The fourth-order valence-corrected chi connectivity index (χ4v) is 3.35. The summed E-state index contributed by atoms with van der Waals surface area (Å²) in [6.07, 6.45) is 1.74. The predicted octanol–water partition coefficient (Wildman–Crippen LogP) is 5.44. The number of imidazole rings is 1. The maximum absolute atomic E-state index is 6.24. The highest BCUT2D eigenvalue weighted by atomic mass is 35.5. The van der Waals surface area contributed by atoms with E-state index >= 15 is 0 Å². The number of halogens is 2. The third kappa shape index (κ3) is 4.26. The smallest absolute Gasteiger partial charge is 0.230 e. The van der Waals surface area contributed by atoms with Crippen LogP contribution in [0.5, 0.6) is 0 Å². The Balaban J connectivity index is 1.93. The molecule has 0 aliphatic carbocycles. The molecule has 0 bridgehead atoms. The van der Waals surface area contributed by atoms with Gasteiger partial charge in [0.2, 0.25) is 5.95 Å². The van der Waals surface area contributed by atoms with Gasteiger partial charge in [-0.15, -0.1) is 0 Å². The predicted molar refractivity (Wildman–Crippen MR) is 111 cm³/mol. The SMILES string of the molecule is CCN(CC)CCn1c(/N=C/c2ccc(Cl)cc2Cl)nc2ccccc21. The molecular weight excluding hydrogens is 367 g/mol. The average molecular weight is 389 g/mol. The molecule has 0 unspecified atom stereocenters. The van der Waals surface area contributed by atoms with Gasteiger partial charge >= 0.3 is 0 Å². The molecule has 0 spiro atoms. The van der Waals surface area contributed by atoms with Crippen molar-refractivity contribution in [2.24, 2.45) is 4.99 Å². The molecule has 0 atom stereocenters. The van der Waals surface area contributed by atoms with Crippen molar-refractivity contribution in [3.05, 3.63) is 58.1 Å². The number of rotatable bonds is 7. The Morgan fingerprint density at radius 1 is 1.12 bits per heavy atom. The minimum Gasteiger partial charge on any atom is -0.307 e. The molecule has 0 fully saturated rings. The molecule has 0 aliphatic heterocycles. The van der Waals surface area contributed by atoms with Crippen LogP contribution in [0.1, 0.15) is 19.4 Å². The van der Waals surface area contributed by atoms with E-state index in [9.17, 15) is 0 Å². The van der Waals surface area contributed by atoms with Crippen LogP contribution in [-0.4, -0.2) is 40.3 Å². The fourth-order valence-electron chi connectivity index (χ4n) is 2.90. The van der Waals surface area contributed by atoms with Crippen LogP contribution in [0.3, 0.4) is 0 Å². The van der Waals surface area contributed by atoms with Crippen molar-refractivity contribution in [3.8, 4) is 0 Å². The van der Waals surface area contributed by atoms with Crippen LogP contribution in [0.2, 0.25) is 10.0 Å². The maximum Gasteiger partial charge on any atom is 0.230 e. The van der Waals surface area contributed by atoms with Gasteiger partial charge in [-0.25, -0.2) is 9.98 Å². The second-order valence-electron chi connectivity index (χ2n) is 6.00. The summed E-state index contributed by atoms with van der Waals surface area (Å²) in [4.78, 5) is 11.7. The zero-order chi connectivity index (χ0) is 18.5. The number of hydrogen-bond donors (Lipinski definition) is 0. The lowest BCUT2D eigenvalue weighted by atomic mass is 10.2. The molecule has 136 valence electrons. The number of aromatic nitrogens is 2. The molecule has 0 N–H and O–H groups in total. The van der Waals surface area contributed by atoms with Crippen molar-refractivity contribution >= 4 is 46.4 Å². The summed E-state index contributed by atoms with van der Waals surface area (Å²) in [5.41, 5.74) is 2.86. The van der Waals surface area contributed by atoms with Crippen molar-refractivity contribution in [1.82, 2.24) is 14.5 Å². The maximum atomic E-state index is 6.24. The number of para-hydroxylation sites is 2. The number of hydrogen-bond acceptors (Lipinski definition) is 3. The van der Waals surface area contributed by atoms with E-state index in [0.717, 1.165) is 42.8 Å². The van der Waals surface area contributed by atoms with Crippen LogP contribution >= 0.6 is 23.2 Å². The summed E-state index contributed by atoms with van der Waals surface area (Å²) in [5.74, 6) is 0.685. The van der Waals surface area contributed by atoms with Gasteiger partial charge in [0.15, 0.2) is 0 Å². The summed E-state index contributed by atoms with van der Waals surface area (Å²) in [6, 6.07) is 13.5. The minimum absolute atomic E-state index is 0.576. The van der Waals surface area contributed by atoms with E-state index in [4.69, 9.17) is 23.2 Å². The molecule has 4 nitrogen and oxygen atoms in total. The molecule has 0 saturated carbocycles. The largest absolute Gasteiger partial charge is 0.307 e. The highest BCUT2D eigenvalue weighted by Crippen LogP contribution is 2.23. The monoisotopic (exact) mass is 388 g/mol. The van der Waals surface area contributed by atoms with Crippen molar-refractivity contribution in [3.63, 3.8) is 0 Å². The molecule has 1 aromatic heterocycles. The number of benzene rings is 2. The standard InChI is InChI=1S/C20H22Cl2N4/c1-3-25(4-2)11-12-26-19-8-6-5-7-18(19)24-20(26)23-14-15-9-10-16(21)13-17(15)22/h5-10,13-14H,3-4,11-12H2,1-2H3/b23-14+. The van der Waals surface area contributed by atoms with Gasteiger partial charge in [0.25, 0.3) is 0 Å². The lowest BCUT2D eigenvalue weighted by Gasteiger charge is -2.18. The van der Waals surface area contributed by atoms with Crippen LogP contribution in [0.4, 0.5) is 5.95 Å². The zero-order valence-electron chi connectivity index (χ0n) is 15.0. The number of nitrogens with zero attached hydrogens (tertiary/aromatic N) is 4. The van der Waals surface area contributed by atoms with Crippen LogP contribution < -0.4 is 0 Å². The lowest BCUT2D eigenvalue weighted by molar-refractivity contribution is 0.292. The molecule has 1 heterocycles. The Bertz CT molecular complexity index is 913. The molecular formula is C20H22Cl2N4. The molecule has 0 saturated heterocycles. The van der Waals surface area contributed by atoms with Crippen molar-refractivity contribution in [1.29, 1.82) is 0 Å². The van der Waals surface area contributed by atoms with Crippen LogP contribution in [0, 0.1) is 0 Å². The summed E-state index contributed by atoms with van der Waals surface area (Å²) in [6.45, 7) is 8.21. The quantitative estimate of drug-likeness (QED) is 0.505. The molecule has 0 aliphatic rings. The van der Waals surface area contributed by atoms with Gasteiger partial charge in [0.1, 0.15) is 0 Å². The van der Waals surface area contributed by atoms with Crippen molar-refractivity contribution < 1.29 is 0 Å². The first-order valence-electron chi connectivity index (χ1n) is 8.79. The third-order valence-corrected chi connectivity index (χ3v) is 5.01. The normalized spacial score (nSPS) is 11.9. The van der Waals surface area contributed by atoms with E-state index in [1.54, 1.807) is 18.3 Å². The molecule has 3 aromatic rings. The average Bonchev–Trinajstić information content (AvgIpc) is 2.99. The Kier molecular flexibility index (Phi) is 6.30. The van der Waals surface area contributed by atoms with Crippen molar-refractivity contribution in [2.45, 2.75) is 20.4 Å². The van der Waals surface area contributed by atoms with Gasteiger partial charge in [-0.1, -0.05) is 55.2 Å². The fraction of sp³-hybridized carbons (Fsp3) is 0.300. The second kappa shape index (κ2) is 8.67. The van der Waals surface area contributed by atoms with E-state index in [-0.39, 0.29) is 0 Å². The molecule has 0 radical (unpaired) electrons. The zero-order valence-corrected chi connectivity index (χ0v) is 16.5. The van der Waals surface area contributed by atoms with Gasteiger partial charge in [0, 0.05) is 29.9 Å². The summed E-state index contributed by atoms with van der Waals surface area (Å²) in [5, 5.41) is 1.19. The van der Waals surface area contributed by atoms with Gasteiger partial charge < -0.3 is 9.47 Å². The molecule has 26 heavy (non-hydrogen) atoms. The third-order valence-electron chi connectivity index (χ3n) is 4.45. The summed E-state index contributed by atoms with van der Waals surface area (Å²) >= 11 is 12.2. The first kappa shape index (κ1) is 18.9. The number of fused-ring (bicyclic) bond motifs is 1. The van der Waals surface area contributed by atoms with E-state index < -0.39 is 0 Å². The van der Waals surface area contributed by atoms with E-state index in [2.05, 4.69) is 39.4 Å². The van der Waals surface area contributed by atoms with E-state index in [1.807, 2.05) is 24.3 Å². The van der Waals surface area contributed by atoms with Gasteiger partial charge in [-0.3, -0.25) is 0 Å². The first-order chi connectivity index (χ1) is 12.6. The molecule has 6 heteroatoms. The number of likely N-dealkylation sites (N-methyl/N-ethyl adjacent to an activating group) is 1. The molecule has 2 aromatic carbocycles. The summed E-state index contributed by atoms with van der Waals surface area (Å²) in [7, 11) is 0. The first-order valence-corrected chi connectivity index (χ1v) is 9.54. The van der Waals surface area contributed by atoms with Gasteiger partial charge in [0.05, 0.1) is 16.1 Å². The van der Waals surface area contributed by atoms with Crippen LogP contribution in [-0.2, 0) is 6.54 Å². The topological polar surface area (TPSA) is 33.4 Å². The van der Waals surface area contributed by atoms with Crippen LogP contribution in [0.25, 0.3) is 11.0 Å². The highest BCUT2D eigenvalue weighted by Gasteiger charge is 2.10. The molecule has 0 amide bonds. The highest BCUT2D eigenvalue weighted by molar-refractivity contribution is 6.36. The number of aliphatic imine (C=N–C) groups is 1. The van der Waals surface area contributed by atoms with E-state index in [1.165, 1.54) is 0 Å².